The van der Waals surface area contributed by atoms with Crippen LogP contribution in [0.5, 0.6) is 0 Å². The van der Waals surface area contributed by atoms with Crippen molar-refractivity contribution in [2.45, 2.75) is 13.5 Å². The highest BCUT2D eigenvalue weighted by Crippen LogP contribution is 2.16. The minimum atomic E-state index is -0.229. The highest BCUT2D eigenvalue weighted by atomic mass is 19.1. The maximum atomic E-state index is 13.4. The molecule has 0 heterocycles. The third kappa shape index (κ3) is 3.81. The number of nitrogens with one attached hydrogen (secondary N) is 2. The number of hydrogen-bond acceptors (Lipinski definition) is 2. The van der Waals surface area contributed by atoms with Crippen molar-refractivity contribution in [2.24, 2.45) is 0 Å². The van der Waals surface area contributed by atoms with Crippen molar-refractivity contribution >= 4 is 17.3 Å². The molecule has 0 unspecified atom stereocenters. The lowest BCUT2D eigenvalue weighted by atomic mass is 10.2. The van der Waals surface area contributed by atoms with Gasteiger partial charge in [-0.2, -0.15) is 0 Å². The summed E-state index contributed by atoms with van der Waals surface area (Å²) in [5, 5.41) is 5.83. The Bertz CT molecular complexity index is 584. The zero-order chi connectivity index (χ0) is 13.7. The maximum absolute atomic E-state index is 13.4. The largest absolute Gasteiger partial charge is 0.381 e. The van der Waals surface area contributed by atoms with E-state index in [9.17, 15) is 9.18 Å². The molecule has 0 spiro atoms. The predicted octanol–water partition coefficient (Wildman–Crippen LogP) is 3.40. The van der Waals surface area contributed by atoms with Crippen LogP contribution >= 0.6 is 0 Å². The number of benzene rings is 2. The van der Waals surface area contributed by atoms with E-state index in [1.54, 1.807) is 24.3 Å². The van der Waals surface area contributed by atoms with Gasteiger partial charge in [-0.25, -0.2) is 4.39 Å². The molecule has 2 rings (SSSR count). The fourth-order valence-corrected chi connectivity index (χ4v) is 1.75. The molecule has 0 atom stereocenters. The first-order chi connectivity index (χ1) is 9.15. The Labute approximate surface area is 111 Å². The molecule has 0 bridgehead atoms. The van der Waals surface area contributed by atoms with Gasteiger partial charge in [-0.1, -0.05) is 24.3 Å². The van der Waals surface area contributed by atoms with Gasteiger partial charge in [-0.05, 0) is 24.3 Å². The minimum Gasteiger partial charge on any atom is -0.381 e. The molecule has 0 radical (unpaired) electrons. The summed E-state index contributed by atoms with van der Waals surface area (Å²) in [7, 11) is 0. The molecule has 0 aromatic heterocycles. The highest BCUT2D eigenvalue weighted by molar-refractivity contribution is 5.89. The Kier molecular flexibility index (Phi) is 4.13. The molecular weight excluding hydrogens is 243 g/mol. The van der Waals surface area contributed by atoms with E-state index in [2.05, 4.69) is 10.6 Å². The van der Waals surface area contributed by atoms with E-state index in [0.717, 1.165) is 5.69 Å². The van der Waals surface area contributed by atoms with Crippen molar-refractivity contribution in [3.8, 4) is 0 Å². The van der Waals surface area contributed by atoms with E-state index in [0.29, 0.717) is 17.8 Å². The van der Waals surface area contributed by atoms with Crippen LogP contribution in [-0.2, 0) is 11.3 Å². The lowest BCUT2D eigenvalue weighted by molar-refractivity contribution is -0.114. The number of anilines is 2. The van der Waals surface area contributed by atoms with Gasteiger partial charge in [0.2, 0.25) is 5.91 Å². The Morgan fingerprint density at radius 3 is 2.58 bits per heavy atom. The van der Waals surface area contributed by atoms with E-state index >= 15 is 0 Å². The fourth-order valence-electron chi connectivity index (χ4n) is 1.75. The molecule has 0 aliphatic rings. The van der Waals surface area contributed by atoms with Crippen molar-refractivity contribution in [2.75, 3.05) is 10.6 Å². The minimum absolute atomic E-state index is 0.119. The van der Waals surface area contributed by atoms with Crippen LogP contribution < -0.4 is 10.6 Å². The molecule has 0 aliphatic carbocycles. The van der Waals surface area contributed by atoms with E-state index in [-0.39, 0.29) is 11.7 Å². The van der Waals surface area contributed by atoms with E-state index in [1.807, 2.05) is 18.2 Å². The number of carbonyl (C=O) groups excluding carboxylic acids is 1. The average molecular weight is 258 g/mol. The normalized spacial score (nSPS) is 10.0. The lowest BCUT2D eigenvalue weighted by Crippen LogP contribution is -2.06. The molecule has 2 N–H and O–H groups in total. The van der Waals surface area contributed by atoms with Gasteiger partial charge >= 0.3 is 0 Å². The molecule has 2 aromatic rings. The molecule has 1 amide bonds. The summed E-state index contributed by atoms with van der Waals surface area (Å²) >= 11 is 0. The Morgan fingerprint density at radius 2 is 1.84 bits per heavy atom. The van der Waals surface area contributed by atoms with Crippen molar-refractivity contribution < 1.29 is 9.18 Å². The predicted molar refractivity (Wildman–Crippen MR) is 74.5 cm³/mol. The second-order valence-corrected chi connectivity index (χ2v) is 4.21. The zero-order valence-electron chi connectivity index (χ0n) is 10.6. The molecular formula is C15H15FN2O. The first-order valence-electron chi connectivity index (χ1n) is 6.00. The zero-order valence-corrected chi connectivity index (χ0v) is 10.6. The molecule has 0 saturated heterocycles. The van der Waals surface area contributed by atoms with Crippen molar-refractivity contribution in [3.63, 3.8) is 0 Å². The summed E-state index contributed by atoms with van der Waals surface area (Å²) in [5.74, 6) is -0.348. The quantitative estimate of drug-likeness (QED) is 0.882. The number of carbonyl (C=O) groups is 1. The second kappa shape index (κ2) is 6.00. The van der Waals surface area contributed by atoms with Crippen LogP contribution in [0.15, 0.2) is 48.5 Å². The van der Waals surface area contributed by atoms with E-state index in [4.69, 9.17) is 0 Å². The average Bonchev–Trinajstić information content (AvgIpc) is 2.37. The molecule has 4 heteroatoms. The van der Waals surface area contributed by atoms with Crippen molar-refractivity contribution in [3.05, 3.63) is 59.9 Å². The van der Waals surface area contributed by atoms with Gasteiger partial charge in [-0.3, -0.25) is 4.79 Å². The van der Waals surface area contributed by atoms with Crippen LogP contribution in [0.25, 0.3) is 0 Å². The summed E-state index contributed by atoms with van der Waals surface area (Å²) in [6, 6.07) is 13.9. The number of amides is 1. The summed E-state index contributed by atoms with van der Waals surface area (Å²) in [6.45, 7) is 1.86. The van der Waals surface area contributed by atoms with Crippen molar-refractivity contribution in [1.29, 1.82) is 0 Å². The van der Waals surface area contributed by atoms with Gasteiger partial charge in [0.15, 0.2) is 0 Å². The molecule has 98 valence electrons. The van der Waals surface area contributed by atoms with Crippen LogP contribution in [0, 0.1) is 5.82 Å². The summed E-state index contributed by atoms with van der Waals surface area (Å²) < 4.78 is 13.4. The SMILES string of the molecule is CC(=O)Nc1cccc(NCc2ccccc2F)c1. The van der Waals surface area contributed by atoms with Crippen LogP contribution in [0.3, 0.4) is 0 Å². The van der Waals surface area contributed by atoms with Gasteiger partial charge in [0, 0.05) is 30.4 Å². The van der Waals surface area contributed by atoms with Gasteiger partial charge in [-0.15, -0.1) is 0 Å². The van der Waals surface area contributed by atoms with Gasteiger partial charge in [0.25, 0.3) is 0 Å². The van der Waals surface area contributed by atoms with Gasteiger partial charge in [0.1, 0.15) is 5.82 Å². The van der Waals surface area contributed by atoms with Gasteiger partial charge < -0.3 is 10.6 Å². The number of hydrogen-bond donors (Lipinski definition) is 2. The molecule has 0 aliphatic heterocycles. The summed E-state index contributed by atoms with van der Waals surface area (Å²) in [4.78, 5) is 11.0. The standard InChI is InChI=1S/C15H15FN2O/c1-11(19)18-14-7-4-6-13(9-14)17-10-12-5-2-3-8-15(12)16/h2-9,17H,10H2,1H3,(H,18,19). The Hall–Kier alpha value is -2.36. The molecule has 19 heavy (non-hydrogen) atoms. The summed E-state index contributed by atoms with van der Waals surface area (Å²) in [5.41, 5.74) is 2.15. The highest BCUT2D eigenvalue weighted by Gasteiger charge is 2.01. The molecule has 2 aromatic carbocycles. The fraction of sp³-hybridized carbons (Fsp3) is 0.133. The molecule has 0 saturated carbocycles. The number of halogens is 1. The molecule has 3 nitrogen and oxygen atoms in total. The van der Waals surface area contributed by atoms with Gasteiger partial charge in [0.05, 0.1) is 0 Å². The monoisotopic (exact) mass is 258 g/mol. The van der Waals surface area contributed by atoms with E-state index < -0.39 is 0 Å². The Morgan fingerprint density at radius 1 is 1.11 bits per heavy atom. The van der Waals surface area contributed by atoms with Crippen LogP contribution in [0.1, 0.15) is 12.5 Å². The smallest absolute Gasteiger partial charge is 0.221 e. The first-order valence-corrected chi connectivity index (χ1v) is 6.00. The Balaban J connectivity index is 2.03. The number of rotatable bonds is 4. The first kappa shape index (κ1) is 13.1. The third-order valence-corrected chi connectivity index (χ3v) is 2.62. The molecule has 0 fully saturated rings. The van der Waals surface area contributed by atoms with E-state index in [1.165, 1.54) is 13.0 Å². The third-order valence-electron chi connectivity index (χ3n) is 2.62. The van der Waals surface area contributed by atoms with Crippen LogP contribution in [-0.4, -0.2) is 5.91 Å². The van der Waals surface area contributed by atoms with Crippen LogP contribution in [0.4, 0.5) is 15.8 Å². The topological polar surface area (TPSA) is 41.1 Å². The second-order valence-electron chi connectivity index (χ2n) is 4.21. The maximum Gasteiger partial charge on any atom is 0.221 e. The van der Waals surface area contributed by atoms with Crippen molar-refractivity contribution in [1.82, 2.24) is 0 Å². The van der Waals surface area contributed by atoms with Crippen LogP contribution in [0.2, 0.25) is 0 Å². The summed E-state index contributed by atoms with van der Waals surface area (Å²) in [6.07, 6.45) is 0. The lowest BCUT2D eigenvalue weighted by Gasteiger charge is -2.09.